The van der Waals surface area contributed by atoms with Gasteiger partial charge in [-0.15, -0.1) is 0 Å². The Bertz CT molecular complexity index is 1280. The standard InChI is InChI=1S/C25H19Cl2N3O2/c1-32-18-12-8-16(9-13-18)22-21-23(29-28-22)25(31)30(14-15-6-10-17(26)11-7-15)24(21)19-4-2-3-5-20(19)27/h2-13,24H,14H2,1H3,(H,28,29). The van der Waals surface area contributed by atoms with E-state index in [1.165, 1.54) is 0 Å². The lowest BCUT2D eigenvalue weighted by atomic mass is 9.95. The van der Waals surface area contributed by atoms with Gasteiger partial charge in [0.05, 0.1) is 18.8 Å². The minimum absolute atomic E-state index is 0.118. The summed E-state index contributed by atoms with van der Waals surface area (Å²) in [6.45, 7) is 0.413. The second-order valence-corrected chi connectivity index (χ2v) is 8.42. The average molecular weight is 464 g/mol. The Kier molecular flexibility index (Phi) is 5.37. The van der Waals surface area contributed by atoms with Crippen molar-refractivity contribution in [2.45, 2.75) is 12.6 Å². The molecule has 1 atom stereocenters. The molecule has 5 rings (SSSR count). The number of aromatic nitrogens is 2. The summed E-state index contributed by atoms with van der Waals surface area (Å²) in [6, 6.07) is 22.4. The first kappa shape index (κ1) is 20.6. The minimum Gasteiger partial charge on any atom is -0.497 e. The summed E-state index contributed by atoms with van der Waals surface area (Å²) in [6.07, 6.45) is 0. The molecule has 3 aromatic carbocycles. The van der Waals surface area contributed by atoms with Crippen LogP contribution in [0.5, 0.6) is 5.75 Å². The molecule has 2 heterocycles. The highest BCUT2D eigenvalue weighted by molar-refractivity contribution is 6.31. The van der Waals surface area contributed by atoms with Gasteiger partial charge in [-0.05, 0) is 53.6 Å². The number of carbonyl (C=O) groups is 1. The Morgan fingerprint density at radius 1 is 1.00 bits per heavy atom. The maximum absolute atomic E-state index is 13.5. The molecule has 0 fully saturated rings. The normalized spacial score (nSPS) is 15.2. The molecule has 0 saturated heterocycles. The first-order valence-corrected chi connectivity index (χ1v) is 10.8. The molecule has 4 aromatic rings. The van der Waals surface area contributed by atoms with Crippen LogP contribution in [-0.4, -0.2) is 28.1 Å². The van der Waals surface area contributed by atoms with Gasteiger partial charge in [0.2, 0.25) is 0 Å². The number of nitrogens with one attached hydrogen (secondary N) is 1. The first-order chi connectivity index (χ1) is 15.6. The molecule has 1 aliphatic rings. The number of rotatable bonds is 5. The molecule has 1 amide bonds. The van der Waals surface area contributed by atoms with E-state index in [2.05, 4.69) is 10.2 Å². The number of methoxy groups -OCH3 is 1. The number of halogens is 2. The molecule has 160 valence electrons. The Hall–Kier alpha value is -3.28. The summed E-state index contributed by atoms with van der Waals surface area (Å²) in [5, 5.41) is 8.72. The zero-order valence-corrected chi connectivity index (χ0v) is 18.7. The smallest absolute Gasteiger partial charge is 0.273 e. The Morgan fingerprint density at radius 2 is 1.72 bits per heavy atom. The zero-order chi connectivity index (χ0) is 22.2. The maximum atomic E-state index is 13.5. The average Bonchev–Trinajstić information content (AvgIpc) is 3.35. The molecular weight excluding hydrogens is 445 g/mol. The zero-order valence-electron chi connectivity index (χ0n) is 17.2. The molecule has 0 bridgehead atoms. The lowest BCUT2D eigenvalue weighted by Crippen LogP contribution is -2.29. The van der Waals surface area contributed by atoms with Crippen molar-refractivity contribution >= 4 is 29.1 Å². The fourth-order valence-corrected chi connectivity index (χ4v) is 4.50. The number of aromatic amines is 1. The summed E-state index contributed by atoms with van der Waals surface area (Å²) in [7, 11) is 1.63. The van der Waals surface area contributed by atoms with Gasteiger partial charge in [0.25, 0.3) is 5.91 Å². The number of carbonyl (C=O) groups excluding carboxylic acids is 1. The van der Waals surface area contributed by atoms with E-state index < -0.39 is 0 Å². The van der Waals surface area contributed by atoms with Crippen LogP contribution in [0.15, 0.2) is 72.8 Å². The van der Waals surface area contributed by atoms with Gasteiger partial charge in [0.15, 0.2) is 0 Å². The van der Waals surface area contributed by atoms with Crippen molar-refractivity contribution in [2.75, 3.05) is 7.11 Å². The van der Waals surface area contributed by atoms with Crippen LogP contribution >= 0.6 is 23.2 Å². The van der Waals surface area contributed by atoms with E-state index in [0.717, 1.165) is 33.7 Å². The number of hydrogen-bond acceptors (Lipinski definition) is 3. The van der Waals surface area contributed by atoms with E-state index in [0.29, 0.717) is 22.3 Å². The van der Waals surface area contributed by atoms with Crippen molar-refractivity contribution in [3.8, 4) is 17.0 Å². The van der Waals surface area contributed by atoms with Crippen LogP contribution in [0.1, 0.15) is 33.2 Å². The second-order valence-electron chi connectivity index (χ2n) is 7.57. The van der Waals surface area contributed by atoms with Crippen LogP contribution in [-0.2, 0) is 6.54 Å². The van der Waals surface area contributed by atoms with Crippen LogP contribution in [0.25, 0.3) is 11.3 Å². The van der Waals surface area contributed by atoms with Gasteiger partial charge in [-0.1, -0.05) is 53.5 Å². The molecule has 1 N–H and O–H groups in total. The van der Waals surface area contributed by atoms with Gasteiger partial charge >= 0.3 is 0 Å². The SMILES string of the molecule is COc1ccc(-c2n[nH]c3c2C(c2ccccc2Cl)N(Cc2ccc(Cl)cc2)C3=O)cc1. The van der Waals surface area contributed by atoms with Crippen molar-refractivity contribution in [3.05, 3.63) is 105 Å². The predicted octanol–water partition coefficient (Wildman–Crippen LogP) is 6.14. The highest BCUT2D eigenvalue weighted by Crippen LogP contribution is 2.45. The number of fused-ring (bicyclic) bond motifs is 1. The molecule has 0 aliphatic carbocycles. The maximum Gasteiger partial charge on any atom is 0.273 e. The summed E-state index contributed by atoms with van der Waals surface area (Å²) in [4.78, 5) is 15.3. The van der Waals surface area contributed by atoms with Crippen molar-refractivity contribution in [3.63, 3.8) is 0 Å². The Morgan fingerprint density at radius 3 is 2.41 bits per heavy atom. The second kappa shape index (κ2) is 8.34. The highest BCUT2D eigenvalue weighted by Gasteiger charge is 2.42. The van der Waals surface area contributed by atoms with Gasteiger partial charge in [-0.2, -0.15) is 5.10 Å². The first-order valence-electron chi connectivity index (χ1n) is 10.1. The molecule has 5 nitrogen and oxygen atoms in total. The fraction of sp³-hybridized carbons (Fsp3) is 0.120. The van der Waals surface area contributed by atoms with E-state index in [1.807, 2.05) is 77.7 Å². The summed E-state index contributed by atoms with van der Waals surface area (Å²) in [5.41, 5.74) is 4.74. The third kappa shape index (κ3) is 3.53. The van der Waals surface area contributed by atoms with Crippen LogP contribution in [0.4, 0.5) is 0 Å². The number of H-pyrrole nitrogens is 1. The molecule has 1 unspecified atom stereocenters. The number of benzene rings is 3. The van der Waals surface area contributed by atoms with Crippen LogP contribution in [0.2, 0.25) is 10.0 Å². The van der Waals surface area contributed by atoms with E-state index in [-0.39, 0.29) is 11.9 Å². The quantitative estimate of drug-likeness (QED) is 0.386. The molecule has 0 spiro atoms. The molecule has 1 aromatic heterocycles. The number of hydrogen-bond donors (Lipinski definition) is 1. The largest absolute Gasteiger partial charge is 0.497 e. The molecular formula is C25H19Cl2N3O2. The van der Waals surface area contributed by atoms with Crippen molar-refractivity contribution < 1.29 is 9.53 Å². The monoisotopic (exact) mass is 463 g/mol. The molecule has 0 saturated carbocycles. The van der Waals surface area contributed by atoms with Gasteiger partial charge < -0.3 is 9.64 Å². The number of ether oxygens (including phenoxy) is 1. The number of nitrogens with zero attached hydrogens (tertiary/aromatic N) is 2. The molecule has 0 radical (unpaired) electrons. The molecule has 32 heavy (non-hydrogen) atoms. The topological polar surface area (TPSA) is 58.2 Å². The highest BCUT2D eigenvalue weighted by atomic mass is 35.5. The number of amides is 1. The minimum atomic E-state index is -0.377. The Balaban J connectivity index is 1.63. The lowest BCUT2D eigenvalue weighted by Gasteiger charge is -2.27. The van der Waals surface area contributed by atoms with E-state index in [1.54, 1.807) is 7.11 Å². The fourth-order valence-electron chi connectivity index (χ4n) is 4.14. The predicted molar refractivity (Wildman–Crippen MR) is 125 cm³/mol. The van der Waals surface area contributed by atoms with E-state index in [9.17, 15) is 4.79 Å². The lowest BCUT2D eigenvalue weighted by molar-refractivity contribution is 0.0730. The van der Waals surface area contributed by atoms with Gasteiger partial charge in [0.1, 0.15) is 11.4 Å². The summed E-state index contributed by atoms with van der Waals surface area (Å²) < 4.78 is 5.28. The summed E-state index contributed by atoms with van der Waals surface area (Å²) >= 11 is 12.7. The van der Waals surface area contributed by atoms with Gasteiger partial charge in [-0.25, -0.2) is 0 Å². The van der Waals surface area contributed by atoms with Crippen molar-refractivity contribution in [2.24, 2.45) is 0 Å². The van der Waals surface area contributed by atoms with Gasteiger partial charge in [0, 0.05) is 27.7 Å². The van der Waals surface area contributed by atoms with Crippen molar-refractivity contribution in [1.29, 1.82) is 0 Å². The van der Waals surface area contributed by atoms with Crippen molar-refractivity contribution in [1.82, 2.24) is 15.1 Å². The van der Waals surface area contributed by atoms with E-state index in [4.69, 9.17) is 27.9 Å². The van der Waals surface area contributed by atoms with Gasteiger partial charge in [-0.3, -0.25) is 9.89 Å². The van der Waals surface area contributed by atoms with Crippen LogP contribution < -0.4 is 4.74 Å². The Labute approximate surface area is 195 Å². The van der Waals surface area contributed by atoms with Crippen LogP contribution in [0.3, 0.4) is 0 Å². The van der Waals surface area contributed by atoms with Crippen LogP contribution in [0, 0.1) is 0 Å². The third-order valence-electron chi connectivity index (χ3n) is 5.69. The third-order valence-corrected chi connectivity index (χ3v) is 6.29. The summed E-state index contributed by atoms with van der Waals surface area (Å²) in [5.74, 6) is 0.635. The molecule has 7 heteroatoms. The molecule has 1 aliphatic heterocycles. The van der Waals surface area contributed by atoms with E-state index >= 15 is 0 Å².